The zero-order valence-corrected chi connectivity index (χ0v) is 23.1. The lowest BCUT2D eigenvalue weighted by atomic mass is 9.94. The highest BCUT2D eigenvalue weighted by Crippen LogP contribution is 2.40. The van der Waals surface area contributed by atoms with E-state index in [9.17, 15) is 13.2 Å². The van der Waals surface area contributed by atoms with Crippen LogP contribution in [0, 0.1) is 11.8 Å². The highest BCUT2D eigenvalue weighted by molar-refractivity contribution is 7.89. The van der Waals surface area contributed by atoms with Gasteiger partial charge in [-0.25, -0.2) is 13.4 Å². The Labute approximate surface area is 221 Å². The normalized spacial score (nSPS) is 20.0. The third-order valence-corrected chi connectivity index (χ3v) is 9.58. The fourth-order valence-electron chi connectivity index (χ4n) is 4.88. The van der Waals surface area contributed by atoms with Crippen molar-refractivity contribution in [1.82, 2.24) is 14.2 Å². The zero-order valence-electron chi connectivity index (χ0n) is 21.5. The molecule has 2 unspecified atom stereocenters. The van der Waals surface area contributed by atoms with Crippen molar-refractivity contribution in [3.63, 3.8) is 0 Å². The summed E-state index contributed by atoms with van der Waals surface area (Å²) in [7, 11) is 0.274. The molecule has 1 amide bonds. The van der Waals surface area contributed by atoms with Gasteiger partial charge in [-0.05, 0) is 56.6 Å². The molecule has 1 fully saturated rings. The second kappa shape index (κ2) is 10.2. The Kier molecular flexibility index (Phi) is 7.14. The molecule has 9 nitrogen and oxygen atoms in total. The summed E-state index contributed by atoms with van der Waals surface area (Å²) in [4.78, 5) is 22.2. The summed E-state index contributed by atoms with van der Waals surface area (Å²) in [6, 6.07) is 9.97. The number of carbonyl (C=O) groups excluding carboxylic acids is 1. The summed E-state index contributed by atoms with van der Waals surface area (Å²) in [5, 5.41) is 0.568. The van der Waals surface area contributed by atoms with Crippen LogP contribution in [0.1, 0.15) is 30.6 Å². The van der Waals surface area contributed by atoms with Crippen LogP contribution in [-0.2, 0) is 10.0 Å². The van der Waals surface area contributed by atoms with Gasteiger partial charge in [0.1, 0.15) is 0 Å². The van der Waals surface area contributed by atoms with Crippen molar-refractivity contribution in [1.29, 1.82) is 0 Å². The second-order valence-corrected chi connectivity index (χ2v) is 13.2. The van der Waals surface area contributed by atoms with E-state index in [4.69, 9.17) is 14.5 Å². The molecule has 198 valence electrons. The maximum atomic E-state index is 13.6. The molecule has 37 heavy (non-hydrogen) atoms. The van der Waals surface area contributed by atoms with Crippen LogP contribution in [-0.4, -0.2) is 75.6 Å². The molecule has 2 aromatic carbocycles. The predicted molar refractivity (Wildman–Crippen MR) is 144 cm³/mol. The van der Waals surface area contributed by atoms with Crippen molar-refractivity contribution in [3.8, 4) is 11.5 Å². The average molecular weight is 545 g/mol. The first-order chi connectivity index (χ1) is 17.6. The molecule has 2 aliphatic rings. The molecule has 11 heteroatoms. The Hall–Kier alpha value is -2.73. The summed E-state index contributed by atoms with van der Waals surface area (Å²) in [5.41, 5.74) is 1.14. The lowest BCUT2D eigenvalue weighted by Gasteiger charge is -2.34. The standard InChI is InChI=1S/C26H32N4O5S2/c1-17-11-18(2)15-29(14-17)37(32,33)20-7-5-19(6-8-20)25(31)30(10-9-28(3)4)26-27-21-12-22-23(35-16-34-22)13-24(21)36-26/h5-8,12-13,17-18H,9-11,14-16H2,1-4H3. The summed E-state index contributed by atoms with van der Waals surface area (Å²) in [6.07, 6.45) is 1.02. The number of hydrogen-bond acceptors (Lipinski definition) is 8. The summed E-state index contributed by atoms with van der Waals surface area (Å²) in [5.74, 6) is 1.72. The Balaban J connectivity index is 1.41. The third-order valence-electron chi connectivity index (χ3n) is 6.69. The van der Waals surface area contributed by atoms with Crippen LogP contribution in [0.25, 0.3) is 10.2 Å². The van der Waals surface area contributed by atoms with E-state index >= 15 is 0 Å². The van der Waals surface area contributed by atoms with Gasteiger partial charge in [0.15, 0.2) is 16.6 Å². The minimum absolute atomic E-state index is 0.189. The first kappa shape index (κ1) is 25.9. The molecule has 3 heterocycles. The fourth-order valence-corrected chi connectivity index (χ4v) is 7.56. The van der Waals surface area contributed by atoms with E-state index in [0.717, 1.165) is 16.6 Å². The molecule has 1 saturated heterocycles. The molecule has 2 aliphatic heterocycles. The fraction of sp³-hybridized carbons (Fsp3) is 0.462. The van der Waals surface area contributed by atoms with E-state index in [-0.39, 0.29) is 17.6 Å². The topological polar surface area (TPSA) is 92.3 Å². The number of benzene rings is 2. The second-order valence-electron chi connectivity index (χ2n) is 10.2. The lowest BCUT2D eigenvalue weighted by Crippen LogP contribution is -2.42. The number of piperidine rings is 1. The minimum Gasteiger partial charge on any atom is -0.454 e. The highest BCUT2D eigenvalue weighted by atomic mass is 32.2. The number of aromatic nitrogens is 1. The first-order valence-corrected chi connectivity index (χ1v) is 14.6. The molecule has 0 saturated carbocycles. The van der Waals surface area contributed by atoms with Crippen molar-refractivity contribution in [2.24, 2.45) is 11.8 Å². The molecule has 3 aromatic rings. The molecule has 0 spiro atoms. The van der Waals surface area contributed by atoms with Gasteiger partial charge in [0.05, 0.1) is 15.1 Å². The van der Waals surface area contributed by atoms with Crippen molar-refractivity contribution < 1.29 is 22.7 Å². The lowest BCUT2D eigenvalue weighted by molar-refractivity contribution is 0.0985. The van der Waals surface area contributed by atoms with E-state index in [0.29, 0.717) is 60.2 Å². The molecule has 0 aliphatic carbocycles. The summed E-state index contributed by atoms with van der Waals surface area (Å²) >= 11 is 1.41. The molecule has 1 aromatic heterocycles. The number of thiazole rings is 1. The zero-order chi connectivity index (χ0) is 26.3. The summed E-state index contributed by atoms with van der Waals surface area (Å²) in [6.45, 7) is 6.46. The number of ether oxygens (including phenoxy) is 2. The number of anilines is 1. The Morgan fingerprint density at radius 1 is 1.05 bits per heavy atom. The molecule has 0 N–H and O–H groups in total. The molecular formula is C26H32N4O5S2. The number of nitrogens with zero attached hydrogens (tertiary/aromatic N) is 4. The SMILES string of the molecule is CC1CC(C)CN(S(=O)(=O)c2ccc(C(=O)N(CCN(C)C)c3nc4cc5c(cc4s3)OCO5)cc2)C1. The van der Waals surface area contributed by atoms with Gasteiger partial charge < -0.3 is 14.4 Å². The highest BCUT2D eigenvalue weighted by Gasteiger charge is 2.32. The van der Waals surface area contributed by atoms with Crippen LogP contribution in [0.5, 0.6) is 11.5 Å². The molecular weight excluding hydrogens is 512 g/mol. The van der Waals surface area contributed by atoms with Gasteiger partial charge in [0, 0.05) is 43.9 Å². The molecule has 5 rings (SSSR count). The van der Waals surface area contributed by atoms with Crippen molar-refractivity contribution >= 4 is 42.6 Å². The van der Waals surface area contributed by atoms with Gasteiger partial charge in [0.25, 0.3) is 5.91 Å². The maximum Gasteiger partial charge on any atom is 0.260 e. The first-order valence-electron chi connectivity index (χ1n) is 12.4. The van der Waals surface area contributed by atoms with E-state index < -0.39 is 10.0 Å². The number of carbonyl (C=O) groups is 1. The van der Waals surface area contributed by atoms with E-state index in [1.54, 1.807) is 21.3 Å². The van der Waals surface area contributed by atoms with Gasteiger partial charge in [-0.2, -0.15) is 4.31 Å². The van der Waals surface area contributed by atoms with E-state index in [1.807, 2.05) is 31.1 Å². The Morgan fingerprint density at radius 2 is 1.70 bits per heavy atom. The van der Waals surface area contributed by atoms with Crippen LogP contribution in [0.3, 0.4) is 0 Å². The molecule has 2 atom stereocenters. The number of rotatable bonds is 7. The van der Waals surface area contributed by atoms with Crippen molar-refractivity contribution in [2.45, 2.75) is 25.2 Å². The molecule has 0 bridgehead atoms. The van der Waals surface area contributed by atoms with Crippen LogP contribution in [0.15, 0.2) is 41.3 Å². The number of amides is 1. The predicted octanol–water partition coefficient (Wildman–Crippen LogP) is 3.90. The van der Waals surface area contributed by atoms with Gasteiger partial charge in [-0.1, -0.05) is 25.2 Å². The van der Waals surface area contributed by atoms with E-state index in [1.165, 1.54) is 23.5 Å². The number of fused-ring (bicyclic) bond motifs is 2. The Bertz CT molecular complexity index is 1350. The maximum absolute atomic E-state index is 13.6. The van der Waals surface area contributed by atoms with Crippen LogP contribution in [0.2, 0.25) is 0 Å². The van der Waals surface area contributed by atoms with Crippen molar-refractivity contribution in [2.75, 3.05) is 52.0 Å². The Morgan fingerprint density at radius 3 is 2.35 bits per heavy atom. The largest absolute Gasteiger partial charge is 0.454 e. The van der Waals surface area contributed by atoms with Gasteiger partial charge in [-0.15, -0.1) is 0 Å². The van der Waals surface area contributed by atoms with Gasteiger partial charge in [-0.3, -0.25) is 9.69 Å². The smallest absolute Gasteiger partial charge is 0.260 e. The molecule has 0 radical (unpaired) electrons. The van der Waals surface area contributed by atoms with Crippen LogP contribution < -0.4 is 14.4 Å². The minimum atomic E-state index is -3.62. The average Bonchev–Trinajstić information content (AvgIpc) is 3.47. The quantitative estimate of drug-likeness (QED) is 0.445. The van der Waals surface area contributed by atoms with Gasteiger partial charge in [0.2, 0.25) is 16.8 Å². The monoisotopic (exact) mass is 544 g/mol. The number of likely N-dealkylation sites (N-methyl/N-ethyl adjacent to an activating group) is 1. The number of sulfonamides is 1. The van der Waals surface area contributed by atoms with Gasteiger partial charge >= 0.3 is 0 Å². The van der Waals surface area contributed by atoms with Crippen LogP contribution in [0.4, 0.5) is 5.13 Å². The van der Waals surface area contributed by atoms with Crippen molar-refractivity contribution in [3.05, 3.63) is 42.0 Å². The van der Waals surface area contributed by atoms with Crippen LogP contribution >= 0.6 is 11.3 Å². The van der Waals surface area contributed by atoms with E-state index in [2.05, 4.69) is 13.8 Å². The third kappa shape index (κ3) is 5.31. The number of hydrogen-bond donors (Lipinski definition) is 0. The summed E-state index contributed by atoms with van der Waals surface area (Å²) < 4.78 is 40.0.